The molecule has 0 saturated heterocycles. The molecule has 0 saturated carbocycles. The van der Waals surface area contributed by atoms with E-state index < -0.39 is 11.6 Å². The van der Waals surface area contributed by atoms with Gasteiger partial charge in [0.15, 0.2) is 5.82 Å². The third-order valence-corrected chi connectivity index (χ3v) is 3.41. The average molecular weight is 340 g/mol. The monoisotopic (exact) mass is 340 g/mol. The quantitative estimate of drug-likeness (QED) is 0.687. The molecular formula is C19H18F2N4. The minimum absolute atomic E-state index is 0.150. The van der Waals surface area contributed by atoms with Gasteiger partial charge in [-0.2, -0.15) is 0 Å². The molecule has 0 bridgehead atoms. The van der Waals surface area contributed by atoms with Crippen LogP contribution in [-0.2, 0) is 0 Å². The second-order valence-corrected chi connectivity index (χ2v) is 5.85. The first-order chi connectivity index (χ1) is 12.0. The molecule has 0 spiro atoms. The van der Waals surface area contributed by atoms with Crippen molar-refractivity contribution in [3.8, 4) is 11.4 Å². The fourth-order valence-electron chi connectivity index (χ4n) is 2.34. The Bertz CT molecular complexity index is 846. The van der Waals surface area contributed by atoms with Crippen molar-refractivity contribution in [2.24, 2.45) is 0 Å². The molecule has 0 radical (unpaired) electrons. The molecule has 25 heavy (non-hydrogen) atoms. The zero-order valence-electron chi connectivity index (χ0n) is 13.9. The number of benzene rings is 2. The second-order valence-electron chi connectivity index (χ2n) is 5.85. The highest BCUT2D eigenvalue weighted by atomic mass is 19.1. The fourth-order valence-corrected chi connectivity index (χ4v) is 2.34. The van der Waals surface area contributed by atoms with Crippen LogP contribution in [0.4, 0.5) is 26.1 Å². The van der Waals surface area contributed by atoms with Crippen LogP contribution in [0.3, 0.4) is 0 Å². The molecule has 0 amide bonds. The summed E-state index contributed by atoms with van der Waals surface area (Å²) < 4.78 is 27.8. The molecule has 6 heteroatoms. The van der Waals surface area contributed by atoms with Gasteiger partial charge in [0.05, 0.1) is 0 Å². The Morgan fingerprint density at radius 2 is 1.48 bits per heavy atom. The van der Waals surface area contributed by atoms with Gasteiger partial charge in [-0.3, -0.25) is 0 Å². The third kappa shape index (κ3) is 4.09. The lowest BCUT2D eigenvalue weighted by Crippen LogP contribution is -2.12. The van der Waals surface area contributed by atoms with Crippen LogP contribution in [0.1, 0.15) is 13.8 Å². The summed E-state index contributed by atoms with van der Waals surface area (Å²) in [6, 6.07) is 14.9. The highest BCUT2D eigenvalue weighted by Gasteiger charge is 2.12. The smallest absolute Gasteiger partial charge is 0.163 e. The van der Waals surface area contributed by atoms with Gasteiger partial charge in [0.2, 0.25) is 0 Å². The molecule has 1 heterocycles. The van der Waals surface area contributed by atoms with Crippen LogP contribution in [0.15, 0.2) is 54.6 Å². The van der Waals surface area contributed by atoms with Crippen LogP contribution in [-0.4, -0.2) is 16.0 Å². The first kappa shape index (κ1) is 16.8. The van der Waals surface area contributed by atoms with Gasteiger partial charge in [-0.1, -0.05) is 36.4 Å². The molecule has 3 rings (SSSR count). The Hall–Kier alpha value is -3.02. The van der Waals surface area contributed by atoms with E-state index in [2.05, 4.69) is 20.6 Å². The number of nitrogens with one attached hydrogen (secondary N) is 2. The van der Waals surface area contributed by atoms with Gasteiger partial charge in [-0.15, -0.1) is 0 Å². The lowest BCUT2D eigenvalue weighted by Gasteiger charge is -2.14. The maximum Gasteiger partial charge on any atom is 0.163 e. The van der Waals surface area contributed by atoms with Crippen LogP contribution in [0.2, 0.25) is 0 Å². The van der Waals surface area contributed by atoms with Crippen LogP contribution >= 0.6 is 0 Å². The van der Waals surface area contributed by atoms with E-state index in [0.717, 1.165) is 5.56 Å². The van der Waals surface area contributed by atoms with E-state index in [4.69, 9.17) is 0 Å². The van der Waals surface area contributed by atoms with Crippen LogP contribution < -0.4 is 10.6 Å². The lowest BCUT2D eigenvalue weighted by atomic mass is 10.2. The van der Waals surface area contributed by atoms with Gasteiger partial charge in [-0.05, 0) is 26.0 Å². The Morgan fingerprint density at radius 3 is 2.12 bits per heavy atom. The van der Waals surface area contributed by atoms with Gasteiger partial charge in [0.1, 0.15) is 29.0 Å². The highest BCUT2D eigenvalue weighted by Crippen LogP contribution is 2.26. The normalized spacial score (nSPS) is 10.8. The Labute approximate surface area is 145 Å². The zero-order chi connectivity index (χ0) is 17.8. The summed E-state index contributed by atoms with van der Waals surface area (Å²) in [6.07, 6.45) is 0. The molecule has 128 valence electrons. The molecule has 0 aliphatic rings. The van der Waals surface area contributed by atoms with Gasteiger partial charge in [-0.25, -0.2) is 18.7 Å². The summed E-state index contributed by atoms with van der Waals surface area (Å²) in [5, 5.41) is 5.91. The van der Waals surface area contributed by atoms with Crippen molar-refractivity contribution in [3.05, 3.63) is 66.2 Å². The van der Waals surface area contributed by atoms with E-state index in [0.29, 0.717) is 17.5 Å². The Kier molecular flexibility index (Phi) is 4.88. The predicted octanol–water partition coefficient (Wildman–Crippen LogP) is 4.99. The summed E-state index contributed by atoms with van der Waals surface area (Å²) in [5.41, 5.74) is 0.572. The van der Waals surface area contributed by atoms with Crippen molar-refractivity contribution >= 4 is 17.3 Å². The minimum Gasteiger partial charge on any atom is -0.368 e. The fraction of sp³-hybridized carbons (Fsp3) is 0.158. The van der Waals surface area contributed by atoms with E-state index in [9.17, 15) is 8.78 Å². The van der Waals surface area contributed by atoms with Crippen molar-refractivity contribution in [2.45, 2.75) is 19.9 Å². The summed E-state index contributed by atoms with van der Waals surface area (Å²) >= 11 is 0. The molecule has 0 fully saturated rings. The van der Waals surface area contributed by atoms with Crippen molar-refractivity contribution in [2.75, 3.05) is 10.6 Å². The van der Waals surface area contributed by atoms with Gasteiger partial charge in [0.25, 0.3) is 0 Å². The van der Waals surface area contributed by atoms with E-state index in [1.54, 1.807) is 6.07 Å². The van der Waals surface area contributed by atoms with Crippen LogP contribution in [0.25, 0.3) is 11.4 Å². The maximum atomic E-state index is 13.9. The first-order valence-corrected chi connectivity index (χ1v) is 7.95. The Morgan fingerprint density at radius 1 is 0.840 bits per heavy atom. The number of hydrogen-bond donors (Lipinski definition) is 2. The van der Waals surface area contributed by atoms with Gasteiger partial charge >= 0.3 is 0 Å². The number of halogens is 2. The molecule has 1 aromatic heterocycles. The molecule has 0 atom stereocenters. The highest BCUT2D eigenvalue weighted by molar-refractivity contribution is 5.65. The average Bonchev–Trinajstić information content (AvgIpc) is 2.58. The summed E-state index contributed by atoms with van der Waals surface area (Å²) in [5.74, 6) is -0.0221. The van der Waals surface area contributed by atoms with Gasteiger partial charge < -0.3 is 10.6 Å². The summed E-state index contributed by atoms with van der Waals surface area (Å²) in [7, 11) is 0. The van der Waals surface area contributed by atoms with Crippen LogP contribution in [0.5, 0.6) is 0 Å². The van der Waals surface area contributed by atoms with Crippen molar-refractivity contribution < 1.29 is 8.78 Å². The Balaban J connectivity index is 2.03. The number of hydrogen-bond acceptors (Lipinski definition) is 4. The van der Waals surface area contributed by atoms with Crippen molar-refractivity contribution in [3.63, 3.8) is 0 Å². The van der Waals surface area contributed by atoms with Crippen LogP contribution in [0, 0.1) is 11.6 Å². The molecule has 0 aliphatic heterocycles. The molecule has 3 aromatic rings. The molecule has 0 unspecified atom stereocenters. The summed E-state index contributed by atoms with van der Waals surface area (Å²) in [6.45, 7) is 3.96. The number of rotatable bonds is 5. The van der Waals surface area contributed by atoms with E-state index in [1.165, 1.54) is 18.2 Å². The molecular weight excluding hydrogens is 322 g/mol. The number of nitrogens with zero attached hydrogens (tertiary/aromatic N) is 2. The minimum atomic E-state index is -0.682. The molecule has 2 aromatic carbocycles. The standard InChI is InChI=1S/C19H18F2N4/c1-12(2)22-16-11-17(23-18-14(20)9-6-10-15(18)21)25-19(24-16)13-7-4-3-5-8-13/h3-12H,1-2H3,(H2,22,23,24,25). The van der Waals surface area contributed by atoms with Gasteiger partial charge in [0, 0.05) is 17.7 Å². The lowest BCUT2D eigenvalue weighted by molar-refractivity contribution is 0.590. The summed E-state index contributed by atoms with van der Waals surface area (Å²) in [4.78, 5) is 8.87. The number of aromatic nitrogens is 2. The number of para-hydroxylation sites is 1. The van der Waals surface area contributed by atoms with Crippen molar-refractivity contribution in [1.29, 1.82) is 0 Å². The first-order valence-electron chi connectivity index (χ1n) is 7.95. The topological polar surface area (TPSA) is 49.8 Å². The SMILES string of the molecule is CC(C)Nc1cc(Nc2c(F)cccc2F)nc(-c2ccccc2)n1. The third-order valence-electron chi connectivity index (χ3n) is 3.41. The molecule has 2 N–H and O–H groups in total. The maximum absolute atomic E-state index is 13.9. The predicted molar refractivity (Wildman–Crippen MR) is 95.9 cm³/mol. The van der Waals surface area contributed by atoms with E-state index in [1.807, 2.05) is 44.2 Å². The largest absolute Gasteiger partial charge is 0.368 e. The molecule has 0 aliphatic carbocycles. The number of anilines is 3. The molecule has 4 nitrogen and oxygen atoms in total. The zero-order valence-corrected chi connectivity index (χ0v) is 13.9. The second kappa shape index (κ2) is 7.25. The van der Waals surface area contributed by atoms with E-state index >= 15 is 0 Å². The van der Waals surface area contributed by atoms with E-state index in [-0.39, 0.29) is 11.7 Å². The van der Waals surface area contributed by atoms with Crippen molar-refractivity contribution in [1.82, 2.24) is 9.97 Å².